The summed E-state index contributed by atoms with van der Waals surface area (Å²) in [6.45, 7) is 14.4. The van der Waals surface area contributed by atoms with E-state index in [0.29, 0.717) is 134 Å². The van der Waals surface area contributed by atoms with E-state index in [1.807, 2.05) is 45.8 Å². The van der Waals surface area contributed by atoms with Gasteiger partial charge in [0.05, 0.1) is 82.8 Å². The Balaban J connectivity index is 0.955. The number of hydrogen-bond acceptors (Lipinski definition) is 20. The first-order valence-electron chi connectivity index (χ1n) is 33.1. The second-order valence-corrected chi connectivity index (χ2v) is 24.0. The standard InChI is InChI=1S/C68H98N12O18/c1-11-46-41-80(64(85)54-39-47-38-49(19-20-52(47)97-54)95-31-28-77(6)7)51-40-53(61-59(58(46)51)57(44(5)74-61)65(86)90-10)98-68(89)79(9)27-26-78(8)67(88)96-42-45-15-17-48(18-16-45)75-62(83)50(14-13-22-73-66(69)87)76-63(84)60(43(3)4)72-24-23-70-56(82)21-29-91-32-34-93-36-37-94-35-33-92-30-25-71-55(81)12-2/h15-20,38-40,43,46,50,60,72,74H,11-14,21-37,41-42H2,1-10H3,(H,70,82)(H,71,81)(H,75,83)(H,76,84)(H3,69,73,87)/t46-,50?,60+/m1/s1. The third kappa shape index (κ3) is 23.9. The van der Waals surface area contributed by atoms with Crippen LogP contribution in [0.5, 0.6) is 11.5 Å². The lowest BCUT2D eigenvalue weighted by atomic mass is 9.93. The number of likely N-dealkylation sites (N-methyl/N-ethyl adjacent to an activating group) is 3. The third-order valence-electron chi connectivity index (χ3n) is 16.0. The Morgan fingerprint density at radius 3 is 2.04 bits per heavy atom. The van der Waals surface area contributed by atoms with E-state index in [1.54, 1.807) is 67.3 Å². The summed E-state index contributed by atoms with van der Waals surface area (Å²) in [5.74, 6) is -1.94. The molecule has 0 fully saturated rings. The van der Waals surface area contributed by atoms with Gasteiger partial charge in [0.1, 0.15) is 30.6 Å². The summed E-state index contributed by atoms with van der Waals surface area (Å²) in [5.41, 5.74) is 8.96. The third-order valence-corrected chi connectivity index (χ3v) is 16.0. The van der Waals surface area contributed by atoms with Crippen molar-refractivity contribution in [3.8, 4) is 11.5 Å². The van der Waals surface area contributed by atoms with Crippen LogP contribution >= 0.6 is 0 Å². The number of aromatic amines is 1. The maximum atomic E-state index is 14.5. The number of hydrogen-bond donors (Lipinski definition) is 8. The topological polar surface area (TPSA) is 368 Å². The summed E-state index contributed by atoms with van der Waals surface area (Å²) in [7, 11) is 8.20. The van der Waals surface area contributed by atoms with E-state index >= 15 is 0 Å². The number of esters is 1. The zero-order valence-corrected chi connectivity index (χ0v) is 58.0. The second-order valence-electron chi connectivity index (χ2n) is 24.0. The quantitative estimate of drug-likeness (QED) is 0.0179. The first-order valence-corrected chi connectivity index (χ1v) is 33.1. The number of methoxy groups -OCH3 is 1. The van der Waals surface area contributed by atoms with E-state index in [0.717, 1.165) is 6.54 Å². The van der Waals surface area contributed by atoms with Crippen molar-refractivity contribution in [2.45, 2.75) is 91.3 Å². The number of rotatable bonds is 42. The number of fused-ring (bicyclic) bond motifs is 4. The van der Waals surface area contributed by atoms with Crippen LogP contribution in [-0.2, 0) is 54.2 Å². The van der Waals surface area contributed by atoms with Gasteiger partial charge in [-0.2, -0.15) is 0 Å². The van der Waals surface area contributed by atoms with Crippen LogP contribution in [0.3, 0.4) is 0 Å². The van der Waals surface area contributed by atoms with Crippen LogP contribution in [0.1, 0.15) is 103 Å². The number of aromatic nitrogens is 1. The Hall–Kier alpha value is -9.07. The van der Waals surface area contributed by atoms with Gasteiger partial charge in [-0.3, -0.25) is 24.0 Å². The highest BCUT2D eigenvalue weighted by molar-refractivity contribution is 6.15. The molecular formula is C68H98N12O18. The molecule has 1 unspecified atom stereocenters. The molecule has 538 valence electrons. The largest absolute Gasteiger partial charge is 0.492 e. The fourth-order valence-electron chi connectivity index (χ4n) is 10.5. The molecule has 3 heterocycles. The normalized spacial score (nSPS) is 13.2. The molecule has 3 aromatic carbocycles. The van der Waals surface area contributed by atoms with Gasteiger partial charge >= 0.3 is 24.2 Å². The Morgan fingerprint density at radius 1 is 0.735 bits per heavy atom. The number of furan rings is 1. The van der Waals surface area contributed by atoms with Gasteiger partial charge in [0.2, 0.25) is 23.6 Å². The maximum absolute atomic E-state index is 14.5. The molecule has 0 saturated carbocycles. The fourth-order valence-corrected chi connectivity index (χ4v) is 10.5. The van der Waals surface area contributed by atoms with Gasteiger partial charge < -0.3 is 105 Å². The van der Waals surface area contributed by atoms with Crippen LogP contribution in [0.25, 0.3) is 21.9 Å². The summed E-state index contributed by atoms with van der Waals surface area (Å²) in [6, 6.07) is 12.7. The molecule has 5 aromatic rings. The highest BCUT2D eigenvalue weighted by atomic mass is 16.6. The monoisotopic (exact) mass is 1370 g/mol. The van der Waals surface area contributed by atoms with Crippen LogP contribution in [-0.4, -0.2) is 233 Å². The summed E-state index contributed by atoms with van der Waals surface area (Å²) in [5, 5.41) is 18.0. The lowest BCUT2D eigenvalue weighted by molar-refractivity contribution is -0.128. The molecule has 0 saturated heterocycles. The van der Waals surface area contributed by atoms with Gasteiger partial charge in [-0.25, -0.2) is 19.2 Å². The summed E-state index contributed by atoms with van der Waals surface area (Å²) in [6.07, 6.45) is 0.128. The van der Waals surface area contributed by atoms with Gasteiger partial charge in [-0.1, -0.05) is 39.8 Å². The number of aryl methyl sites for hydroxylation is 1. The first-order chi connectivity index (χ1) is 47.0. The second kappa shape index (κ2) is 40.0. The zero-order chi connectivity index (χ0) is 71.3. The molecule has 9 amide bonds. The molecule has 98 heavy (non-hydrogen) atoms. The molecule has 0 radical (unpaired) electrons. The smallest absolute Gasteiger partial charge is 0.415 e. The van der Waals surface area contributed by atoms with E-state index in [4.69, 9.17) is 48.0 Å². The molecule has 0 aliphatic carbocycles. The van der Waals surface area contributed by atoms with Gasteiger partial charge in [0.25, 0.3) is 5.91 Å². The number of benzene rings is 3. The number of carbonyl (C=O) groups is 9. The van der Waals surface area contributed by atoms with Gasteiger partial charge in [-0.15, -0.1) is 0 Å². The van der Waals surface area contributed by atoms with Crippen molar-refractivity contribution < 1.29 is 85.5 Å². The van der Waals surface area contributed by atoms with Crippen molar-refractivity contribution in [1.29, 1.82) is 0 Å². The number of anilines is 2. The van der Waals surface area contributed by atoms with E-state index in [2.05, 4.69) is 36.9 Å². The van der Waals surface area contributed by atoms with E-state index in [1.165, 1.54) is 31.0 Å². The number of urea groups is 1. The van der Waals surface area contributed by atoms with Gasteiger partial charge in [0, 0.05) is 113 Å². The molecule has 30 heteroatoms. The summed E-state index contributed by atoms with van der Waals surface area (Å²) in [4.78, 5) is 127. The van der Waals surface area contributed by atoms with Crippen molar-refractivity contribution in [2.75, 3.05) is 157 Å². The molecular weight excluding hydrogens is 1270 g/mol. The number of H-pyrrole nitrogens is 1. The van der Waals surface area contributed by atoms with Crippen molar-refractivity contribution in [2.24, 2.45) is 11.7 Å². The molecule has 0 spiro atoms. The Bertz CT molecular complexity index is 3470. The Labute approximate surface area is 571 Å². The Kier molecular flexibility index (Phi) is 31.8. The van der Waals surface area contributed by atoms with Crippen molar-refractivity contribution >= 4 is 87.0 Å². The average Bonchev–Trinajstić information content (AvgIpc) is 1.56. The zero-order valence-electron chi connectivity index (χ0n) is 58.0. The van der Waals surface area contributed by atoms with Crippen LogP contribution in [0, 0.1) is 12.8 Å². The number of nitrogens with zero attached hydrogens (tertiary/aromatic N) is 4. The number of nitrogens with one attached hydrogen (secondary N) is 7. The van der Waals surface area contributed by atoms with Crippen molar-refractivity contribution in [3.63, 3.8) is 0 Å². The highest BCUT2D eigenvalue weighted by Crippen LogP contribution is 2.49. The molecule has 3 atom stereocenters. The Morgan fingerprint density at radius 2 is 1.40 bits per heavy atom. The molecule has 6 rings (SSSR count). The van der Waals surface area contributed by atoms with Gasteiger partial charge in [0.15, 0.2) is 11.5 Å². The first kappa shape index (κ1) is 77.9. The van der Waals surface area contributed by atoms with Crippen LogP contribution in [0.2, 0.25) is 0 Å². The molecule has 30 nitrogen and oxygen atoms in total. The number of ether oxygens (including phenoxy) is 8. The van der Waals surface area contributed by atoms with Crippen molar-refractivity contribution in [1.82, 2.24) is 46.3 Å². The van der Waals surface area contributed by atoms with Gasteiger partial charge in [-0.05, 0) is 93.7 Å². The predicted octanol–water partition coefficient (Wildman–Crippen LogP) is 5.39. The minimum atomic E-state index is -1.03. The van der Waals surface area contributed by atoms with E-state index in [-0.39, 0.29) is 106 Å². The van der Waals surface area contributed by atoms with Crippen LogP contribution < -0.4 is 52.0 Å². The average molecular weight is 1370 g/mol. The summed E-state index contributed by atoms with van der Waals surface area (Å²) >= 11 is 0. The predicted molar refractivity (Wildman–Crippen MR) is 365 cm³/mol. The van der Waals surface area contributed by atoms with E-state index in [9.17, 15) is 43.2 Å². The lowest BCUT2D eigenvalue weighted by Gasteiger charge is -2.25. The summed E-state index contributed by atoms with van der Waals surface area (Å²) < 4.78 is 50.8. The molecule has 0 bridgehead atoms. The van der Waals surface area contributed by atoms with E-state index < -0.39 is 54.0 Å². The molecule has 1 aliphatic heterocycles. The highest BCUT2D eigenvalue weighted by Gasteiger charge is 2.39. The molecule has 1 aliphatic rings. The number of carbonyl (C=O) groups excluding carboxylic acids is 9. The van der Waals surface area contributed by atoms with Crippen molar-refractivity contribution in [3.05, 3.63) is 82.7 Å². The number of amides is 9. The van der Waals surface area contributed by atoms with Crippen LogP contribution in [0.15, 0.2) is 59.0 Å². The molecule has 9 N–H and O–H groups in total. The maximum Gasteiger partial charge on any atom is 0.415 e. The van der Waals surface area contributed by atoms with Crippen LogP contribution in [0.4, 0.5) is 25.8 Å². The lowest BCUT2D eigenvalue weighted by Crippen LogP contribution is -2.54. The SMILES string of the molecule is CCC(=O)NCCOCCOCCOCCOCCC(=O)NCCN[C@H](C(=O)NC(CCCNC(N)=O)C(=O)Nc1ccc(COC(=O)N(C)CCN(C)C(=O)Oc2cc3c(c4c(C(=O)OC)c(C)[nH]c24)[C@H](CC)CN3C(=O)c2cc3cc(OCCN(C)C)ccc3o2)cc1)C(C)C. The fraction of sp³-hybridized carbons (Fsp3) is 0.544. The minimum absolute atomic E-state index is 0.0109. The minimum Gasteiger partial charge on any atom is -0.492 e. The molecule has 2 aromatic heterocycles. The number of nitrogens with two attached hydrogens (primary N) is 1. The number of primary amides is 1.